The molecule has 0 aliphatic heterocycles. The molecular weight excluding hydrogens is 357 g/mol. The molecule has 1 atom stereocenters. The zero-order valence-corrected chi connectivity index (χ0v) is 13.7. The zero-order chi connectivity index (χ0) is 18.2. The molecule has 0 radical (unpaired) electrons. The Kier molecular flexibility index (Phi) is 4.48. The maximum Gasteiger partial charge on any atom is 0.511 e. The van der Waals surface area contributed by atoms with Crippen molar-refractivity contribution in [3.8, 4) is 0 Å². The molecule has 1 heterocycles. The summed E-state index contributed by atoms with van der Waals surface area (Å²) < 4.78 is 62.2. The van der Waals surface area contributed by atoms with Crippen molar-refractivity contribution < 1.29 is 26.7 Å². The minimum Gasteiger partial charge on any atom is -0.390 e. The van der Waals surface area contributed by atoms with Crippen LogP contribution in [0.3, 0.4) is 0 Å². The molecule has 0 saturated heterocycles. The number of sulfonamides is 1. The molecular formula is C16H15F3N2O3S. The van der Waals surface area contributed by atoms with Gasteiger partial charge < -0.3 is 9.67 Å². The van der Waals surface area contributed by atoms with Gasteiger partial charge in [0.15, 0.2) is 0 Å². The predicted molar refractivity (Wildman–Crippen MR) is 88.4 cm³/mol. The van der Waals surface area contributed by atoms with Gasteiger partial charge in [-0.15, -0.1) is 0 Å². The number of fused-ring (bicyclic) bond motifs is 3. The predicted octanol–water partition coefficient (Wildman–Crippen LogP) is 2.59. The zero-order valence-electron chi connectivity index (χ0n) is 12.9. The number of aromatic nitrogens is 1. The van der Waals surface area contributed by atoms with Crippen molar-refractivity contribution in [3.63, 3.8) is 0 Å². The average molecular weight is 372 g/mol. The van der Waals surface area contributed by atoms with Crippen LogP contribution in [0.25, 0.3) is 21.8 Å². The lowest BCUT2D eigenvalue weighted by Crippen LogP contribution is -2.41. The summed E-state index contributed by atoms with van der Waals surface area (Å²) in [4.78, 5) is 0. The molecule has 0 amide bonds. The van der Waals surface area contributed by atoms with Crippen LogP contribution in [0.2, 0.25) is 0 Å². The highest BCUT2D eigenvalue weighted by molar-refractivity contribution is 7.90. The standard InChI is InChI=1S/C16H15F3N2O3S/c17-16(18,19)25(23,24)20-9-11(22)10-21-14-7-3-1-5-12(14)13-6-2-4-8-15(13)21/h1-8,11,20,22H,9-10H2. The van der Waals surface area contributed by atoms with Crippen molar-refractivity contribution >= 4 is 31.8 Å². The van der Waals surface area contributed by atoms with Gasteiger partial charge in [0.05, 0.1) is 12.6 Å². The van der Waals surface area contributed by atoms with Gasteiger partial charge in [-0.25, -0.2) is 13.1 Å². The van der Waals surface area contributed by atoms with E-state index in [2.05, 4.69) is 0 Å². The van der Waals surface area contributed by atoms with Crippen LogP contribution >= 0.6 is 0 Å². The minimum atomic E-state index is -5.48. The SMILES string of the molecule is O=S(=O)(NCC(O)Cn1c2ccccc2c2ccccc21)C(F)(F)F. The van der Waals surface area contributed by atoms with Gasteiger partial charge in [0.25, 0.3) is 0 Å². The van der Waals surface area contributed by atoms with E-state index in [0.717, 1.165) is 21.8 Å². The first-order chi connectivity index (χ1) is 11.7. The third-order valence-corrected chi connectivity index (χ3v) is 5.04. The molecule has 2 aromatic carbocycles. The van der Waals surface area contributed by atoms with Crippen molar-refractivity contribution in [1.82, 2.24) is 9.29 Å². The number of nitrogens with zero attached hydrogens (tertiary/aromatic N) is 1. The van der Waals surface area contributed by atoms with Gasteiger partial charge in [-0.2, -0.15) is 13.2 Å². The van der Waals surface area contributed by atoms with Crippen LogP contribution in [-0.2, 0) is 16.6 Å². The first kappa shape index (κ1) is 17.7. The Labute approximate surface area is 141 Å². The summed E-state index contributed by atoms with van der Waals surface area (Å²) in [6.07, 6.45) is -1.32. The highest BCUT2D eigenvalue weighted by Gasteiger charge is 2.45. The molecule has 0 saturated carbocycles. The molecule has 0 aliphatic carbocycles. The molecule has 1 unspecified atom stereocenters. The van der Waals surface area contributed by atoms with Crippen molar-refractivity contribution in [2.24, 2.45) is 0 Å². The summed E-state index contributed by atoms with van der Waals surface area (Å²) in [6.45, 7) is -0.781. The van der Waals surface area contributed by atoms with Crippen LogP contribution in [0.15, 0.2) is 48.5 Å². The van der Waals surface area contributed by atoms with E-state index >= 15 is 0 Å². The molecule has 0 spiro atoms. The van der Waals surface area contributed by atoms with Gasteiger partial charge in [0.2, 0.25) is 0 Å². The Balaban J connectivity index is 1.87. The van der Waals surface area contributed by atoms with Crippen LogP contribution in [0.1, 0.15) is 0 Å². The average Bonchev–Trinajstić information content (AvgIpc) is 2.87. The first-order valence-corrected chi connectivity index (χ1v) is 8.89. The van der Waals surface area contributed by atoms with Crippen molar-refractivity contribution in [1.29, 1.82) is 0 Å². The monoisotopic (exact) mass is 372 g/mol. The molecule has 0 bridgehead atoms. The number of halogens is 3. The molecule has 25 heavy (non-hydrogen) atoms. The molecule has 5 nitrogen and oxygen atoms in total. The van der Waals surface area contributed by atoms with Crippen LogP contribution in [0.5, 0.6) is 0 Å². The fraction of sp³-hybridized carbons (Fsp3) is 0.250. The van der Waals surface area contributed by atoms with E-state index in [9.17, 15) is 26.7 Å². The Morgan fingerprint density at radius 3 is 1.96 bits per heavy atom. The summed E-state index contributed by atoms with van der Waals surface area (Å²) >= 11 is 0. The maximum absolute atomic E-state index is 12.3. The fourth-order valence-electron chi connectivity index (χ4n) is 2.76. The Hall–Kier alpha value is -2.10. The molecule has 3 rings (SSSR count). The Morgan fingerprint density at radius 2 is 1.48 bits per heavy atom. The highest BCUT2D eigenvalue weighted by Crippen LogP contribution is 2.29. The number of hydrogen-bond acceptors (Lipinski definition) is 3. The number of alkyl halides is 3. The number of para-hydroxylation sites is 2. The van der Waals surface area contributed by atoms with E-state index < -0.39 is 28.2 Å². The van der Waals surface area contributed by atoms with Gasteiger partial charge in [0.1, 0.15) is 0 Å². The molecule has 3 aromatic rings. The van der Waals surface area contributed by atoms with Crippen LogP contribution < -0.4 is 4.72 Å². The number of aliphatic hydroxyl groups excluding tert-OH is 1. The van der Waals surface area contributed by atoms with E-state index in [4.69, 9.17) is 0 Å². The second-order valence-electron chi connectivity index (χ2n) is 5.60. The first-order valence-electron chi connectivity index (χ1n) is 7.40. The van der Waals surface area contributed by atoms with E-state index in [1.807, 2.05) is 48.5 Å². The third kappa shape index (κ3) is 3.35. The summed E-state index contributed by atoms with van der Waals surface area (Å²) in [7, 11) is -5.48. The second kappa shape index (κ2) is 6.32. The minimum absolute atomic E-state index is 0.0472. The van der Waals surface area contributed by atoms with E-state index in [1.165, 1.54) is 4.72 Å². The van der Waals surface area contributed by atoms with Crippen LogP contribution in [0, 0.1) is 0 Å². The van der Waals surface area contributed by atoms with Crippen molar-refractivity contribution in [2.45, 2.75) is 18.2 Å². The number of hydrogen-bond donors (Lipinski definition) is 2. The normalized spacial score (nSPS) is 14.2. The number of nitrogens with one attached hydrogen (secondary N) is 1. The Morgan fingerprint density at radius 1 is 1.00 bits per heavy atom. The van der Waals surface area contributed by atoms with E-state index in [0.29, 0.717) is 0 Å². The molecule has 134 valence electrons. The molecule has 1 aromatic heterocycles. The summed E-state index contributed by atoms with van der Waals surface area (Å²) in [6, 6.07) is 14.9. The maximum atomic E-state index is 12.3. The summed E-state index contributed by atoms with van der Waals surface area (Å²) in [5.41, 5.74) is -3.79. The van der Waals surface area contributed by atoms with Crippen molar-refractivity contribution in [3.05, 3.63) is 48.5 Å². The molecule has 2 N–H and O–H groups in total. The lowest BCUT2D eigenvalue weighted by Gasteiger charge is -2.15. The largest absolute Gasteiger partial charge is 0.511 e. The molecule has 0 fully saturated rings. The fourth-order valence-corrected chi connectivity index (χ4v) is 3.34. The van der Waals surface area contributed by atoms with Gasteiger partial charge in [-0.1, -0.05) is 36.4 Å². The van der Waals surface area contributed by atoms with Gasteiger partial charge >= 0.3 is 15.5 Å². The van der Waals surface area contributed by atoms with Gasteiger partial charge in [-0.05, 0) is 12.1 Å². The van der Waals surface area contributed by atoms with Crippen molar-refractivity contribution in [2.75, 3.05) is 6.54 Å². The summed E-state index contributed by atoms with van der Waals surface area (Å²) in [5, 5.41) is 11.9. The Bertz CT molecular complexity index is 959. The smallest absolute Gasteiger partial charge is 0.390 e. The van der Waals surface area contributed by atoms with Gasteiger partial charge in [0, 0.05) is 28.4 Å². The highest BCUT2D eigenvalue weighted by atomic mass is 32.2. The second-order valence-corrected chi connectivity index (χ2v) is 7.35. The quantitative estimate of drug-likeness (QED) is 0.723. The lowest BCUT2D eigenvalue weighted by molar-refractivity contribution is -0.0450. The van der Waals surface area contributed by atoms with E-state index in [1.54, 1.807) is 4.57 Å². The molecule has 9 heteroatoms. The summed E-state index contributed by atoms with van der Waals surface area (Å²) in [5.74, 6) is 0. The number of rotatable bonds is 5. The number of benzene rings is 2. The van der Waals surface area contributed by atoms with Crippen LogP contribution in [0.4, 0.5) is 13.2 Å². The van der Waals surface area contributed by atoms with E-state index in [-0.39, 0.29) is 6.54 Å². The number of aliphatic hydroxyl groups is 1. The lowest BCUT2D eigenvalue weighted by atomic mass is 10.2. The third-order valence-electron chi connectivity index (χ3n) is 3.89. The molecule has 0 aliphatic rings. The van der Waals surface area contributed by atoms with Crippen LogP contribution in [-0.4, -0.2) is 36.2 Å². The van der Waals surface area contributed by atoms with Gasteiger partial charge in [-0.3, -0.25) is 0 Å². The topological polar surface area (TPSA) is 71.3 Å².